The van der Waals surface area contributed by atoms with E-state index in [4.69, 9.17) is 4.74 Å². The summed E-state index contributed by atoms with van der Waals surface area (Å²) in [5.41, 5.74) is 3.22. The molecule has 0 radical (unpaired) electrons. The van der Waals surface area contributed by atoms with Crippen LogP contribution in [0.2, 0.25) is 0 Å². The summed E-state index contributed by atoms with van der Waals surface area (Å²) in [6, 6.07) is 20.4. The van der Waals surface area contributed by atoms with Crippen LogP contribution in [-0.2, 0) is 14.8 Å². The van der Waals surface area contributed by atoms with Crippen LogP contribution in [0.4, 0.5) is 11.4 Å². The molecule has 0 heterocycles. The molecule has 0 bridgehead atoms. The molecule has 0 saturated carbocycles. The zero-order valence-electron chi connectivity index (χ0n) is 17.8. The lowest BCUT2D eigenvalue weighted by Gasteiger charge is -2.18. The van der Waals surface area contributed by atoms with Crippen LogP contribution in [0.1, 0.15) is 24.5 Å². The van der Waals surface area contributed by atoms with Crippen LogP contribution < -0.4 is 14.8 Å². The van der Waals surface area contributed by atoms with Crippen molar-refractivity contribution in [2.75, 3.05) is 10.0 Å². The average Bonchev–Trinajstić information content (AvgIpc) is 2.75. The minimum Gasteiger partial charge on any atom is -0.481 e. The summed E-state index contributed by atoms with van der Waals surface area (Å²) in [5, 5.41) is 2.79. The third kappa shape index (κ3) is 5.86. The first-order valence-electron chi connectivity index (χ1n) is 10.0. The SMILES string of the molecule is CC[C@@H](Oc1ccc(C)c(C)c1)C(=O)Nc1ccc(S(=O)(=O)Nc2ccccc2)cc1. The maximum Gasteiger partial charge on any atom is 0.265 e. The number of hydrogen-bond acceptors (Lipinski definition) is 4. The van der Waals surface area contributed by atoms with Crippen LogP contribution in [0.25, 0.3) is 0 Å². The molecular weight excluding hydrogens is 412 g/mol. The Morgan fingerprint density at radius 1 is 0.903 bits per heavy atom. The third-order valence-corrected chi connectivity index (χ3v) is 6.28. The number of sulfonamides is 1. The maximum atomic E-state index is 12.7. The minimum atomic E-state index is -3.72. The molecule has 0 spiro atoms. The van der Waals surface area contributed by atoms with E-state index in [1.54, 1.807) is 36.4 Å². The van der Waals surface area contributed by atoms with E-state index in [9.17, 15) is 13.2 Å². The van der Waals surface area contributed by atoms with Gasteiger partial charge in [-0.25, -0.2) is 8.42 Å². The fourth-order valence-corrected chi connectivity index (χ4v) is 3.99. The molecule has 2 N–H and O–H groups in total. The van der Waals surface area contributed by atoms with Crippen molar-refractivity contribution in [1.82, 2.24) is 0 Å². The van der Waals surface area contributed by atoms with Crippen molar-refractivity contribution >= 4 is 27.3 Å². The fourth-order valence-electron chi connectivity index (χ4n) is 2.93. The number of para-hydroxylation sites is 1. The monoisotopic (exact) mass is 438 g/mol. The van der Waals surface area contributed by atoms with Gasteiger partial charge in [-0.3, -0.25) is 9.52 Å². The fraction of sp³-hybridized carbons (Fsp3) is 0.208. The molecule has 3 aromatic carbocycles. The molecule has 3 aromatic rings. The first-order valence-corrected chi connectivity index (χ1v) is 11.5. The van der Waals surface area contributed by atoms with Crippen molar-refractivity contribution in [2.45, 2.75) is 38.2 Å². The number of carbonyl (C=O) groups excluding carboxylic acids is 1. The summed E-state index contributed by atoms with van der Waals surface area (Å²) in [6.07, 6.45) is -0.170. The molecule has 0 aromatic heterocycles. The number of anilines is 2. The number of amides is 1. The molecular formula is C24H26N2O4S. The molecule has 0 fully saturated rings. The largest absolute Gasteiger partial charge is 0.481 e. The molecule has 0 aliphatic rings. The van der Waals surface area contributed by atoms with Gasteiger partial charge in [0.1, 0.15) is 5.75 Å². The van der Waals surface area contributed by atoms with E-state index in [1.165, 1.54) is 12.1 Å². The third-order valence-electron chi connectivity index (χ3n) is 4.88. The quantitative estimate of drug-likeness (QED) is 0.524. The normalized spacial score (nSPS) is 12.1. The maximum absolute atomic E-state index is 12.7. The number of nitrogens with one attached hydrogen (secondary N) is 2. The molecule has 31 heavy (non-hydrogen) atoms. The lowest BCUT2D eigenvalue weighted by Crippen LogP contribution is -2.32. The van der Waals surface area contributed by atoms with Gasteiger partial charge in [-0.2, -0.15) is 0 Å². The highest BCUT2D eigenvalue weighted by molar-refractivity contribution is 7.92. The van der Waals surface area contributed by atoms with Gasteiger partial charge in [-0.1, -0.05) is 31.2 Å². The van der Waals surface area contributed by atoms with Crippen molar-refractivity contribution in [2.24, 2.45) is 0 Å². The molecule has 6 nitrogen and oxygen atoms in total. The zero-order valence-corrected chi connectivity index (χ0v) is 18.6. The summed E-state index contributed by atoms with van der Waals surface area (Å²) in [4.78, 5) is 12.8. The van der Waals surface area contributed by atoms with Crippen LogP contribution in [0.15, 0.2) is 77.7 Å². The Morgan fingerprint density at radius 2 is 1.58 bits per heavy atom. The Labute approximate surface area is 183 Å². The van der Waals surface area contributed by atoms with Gasteiger partial charge in [0, 0.05) is 11.4 Å². The highest BCUT2D eigenvalue weighted by Crippen LogP contribution is 2.21. The van der Waals surface area contributed by atoms with Gasteiger partial charge >= 0.3 is 0 Å². The summed E-state index contributed by atoms with van der Waals surface area (Å²) >= 11 is 0. The number of rotatable bonds is 8. The van der Waals surface area contributed by atoms with Crippen LogP contribution in [-0.4, -0.2) is 20.4 Å². The smallest absolute Gasteiger partial charge is 0.265 e. The van der Waals surface area contributed by atoms with Crippen molar-refractivity contribution in [1.29, 1.82) is 0 Å². The van der Waals surface area contributed by atoms with Crippen molar-refractivity contribution in [3.8, 4) is 5.75 Å². The number of ether oxygens (including phenoxy) is 1. The Kier molecular flexibility index (Phi) is 6.97. The van der Waals surface area contributed by atoms with E-state index < -0.39 is 16.1 Å². The number of benzene rings is 3. The second-order valence-electron chi connectivity index (χ2n) is 7.25. The van der Waals surface area contributed by atoms with E-state index in [0.29, 0.717) is 23.5 Å². The van der Waals surface area contributed by atoms with Gasteiger partial charge < -0.3 is 10.1 Å². The van der Waals surface area contributed by atoms with E-state index in [2.05, 4.69) is 10.0 Å². The molecule has 162 valence electrons. The van der Waals surface area contributed by atoms with Crippen LogP contribution in [0.5, 0.6) is 5.75 Å². The zero-order chi connectivity index (χ0) is 22.4. The molecule has 0 saturated heterocycles. The van der Waals surface area contributed by atoms with Crippen molar-refractivity contribution in [3.05, 3.63) is 83.9 Å². The second-order valence-corrected chi connectivity index (χ2v) is 8.93. The highest BCUT2D eigenvalue weighted by atomic mass is 32.2. The number of carbonyl (C=O) groups is 1. The lowest BCUT2D eigenvalue weighted by atomic mass is 10.1. The average molecular weight is 439 g/mol. The second kappa shape index (κ2) is 9.66. The van der Waals surface area contributed by atoms with Gasteiger partial charge in [0.15, 0.2) is 6.10 Å². The number of aryl methyl sites for hydroxylation is 2. The first-order chi connectivity index (χ1) is 14.8. The first kappa shape index (κ1) is 22.4. The Hall–Kier alpha value is -3.32. The molecule has 0 aliphatic carbocycles. The van der Waals surface area contributed by atoms with Crippen molar-refractivity contribution in [3.63, 3.8) is 0 Å². The van der Waals surface area contributed by atoms with E-state index in [-0.39, 0.29) is 10.8 Å². The van der Waals surface area contributed by atoms with E-state index >= 15 is 0 Å². The van der Waals surface area contributed by atoms with Gasteiger partial charge in [0.05, 0.1) is 4.90 Å². The molecule has 0 aliphatic heterocycles. The predicted octanol–water partition coefficient (Wildman–Crippen LogP) is 4.90. The van der Waals surface area contributed by atoms with Crippen LogP contribution in [0.3, 0.4) is 0 Å². The summed E-state index contributed by atoms with van der Waals surface area (Å²) in [7, 11) is -3.72. The van der Waals surface area contributed by atoms with Gasteiger partial charge in [-0.15, -0.1) is 0 Å². The lowest BCUT2D eigenvalue weighted by molar-refractivity contribution is -0.122. The van der Waals surface area contributed by atoms with E-state index in [0.717, 1.165) is 11.1 Å². The Bertz CT molecular complexity index is 1140. The molecule has 7 heteroatoms. The van der Waals surface area contributed by atoms with E-state index in [1.807, 2.05) is 45.0 Å². The van der Waals surface area contributed by atoms with Crippen molar-refractivity contribution < 1.29 is 17.9 Å². The predicted molar refractivity (Wildman–Crippen MR) is 123 cm³/mol. The Balaban J connectivity index is 1.66. The van der Waals surface area contributed by atoms with Gasteiger partial charge in [-0.05, 0) is 79.9 Å². The highest BCUT2D eigenvalue weighted by Gasteiger charge is 2.20. The van der Waals surface area contributed by atoms with Crippen LogP contribution in [0, 0.1) is 13.8 Å². The molecule has 0 unspecified atom stereocenters. The summed E-state index contributed by atoms with van der Waals surface area (Å²) < 4.78 is 33.4. The summed E-state index contributed by atoms with van der Waals surface area (Å²) in [5.74, 6) is 0.345. The molecule has 1 amide bonds. The topological polar surface area (TPSA) is 84.5 Å². The molecule has 3 rings (SSSR count). The van der Waals surface area contributed by atoms with Gasteiger partial charge in [0.25, 0.3) is 15.9 Å². The van der Waals surface area contributed by atoms with Crippen LogP contribution >= 0.6 is 0 Å². The number of hydrogen-bond donors (Lipinski definition) is 2. The molecule has 1 atom stereocenters. The van der Waals surface area contributed by atoms with Gasteiger partial charge in [0.2, 0.25) is 0 Å². The minimum absolute atomic E-state index is 0.104. The standard InChI is InChI=1S/C24H26N2O4S/c1-4-23(30-21-13-10-17(2)18(3)16-21)24(27)25-19-11-14-22(15-12-19)31(28,29)26-20-8-6-5-7-9-20/h5-16,23,26H,4H2,1-3H3,(H,25,27)/t23-/m1/s1. The summed E-state index contributed by atoms with van der Waals surface area (Å²) in [6.45, 7) is 5.88. The Morgan fingerprint density at radius 3 is 2.19 bits per heavy atom.